The van der Waals surface area contributed by atoms with Gasteiger partial charge >= 0.3 is 83.7 Å². The zero-order valence-corrected chi connectivity index (χ0v) is 30.6. The van der Waals surface area contributed by atoms with Crippen LogP contribution in [-0.4, -0.2) is 10.9 Å². The molecule has 0 atom stereocenters. The van der Waals surface area contributed by atoms with Crippen molar-refractivity contribution in [2.24, 2.45) is 0 Å². The number of halogens is 2. The summed E-state index contributed by atoms with van der Waals surface area (Å²) in [7, 11) is 0. The molecule has 0 aromatic rings. The van der Waals surface area contributed by atoms with Crippen LogP contribution >= 0.6 is 0 Å². The maximum Gasteiger partial charge on any atom is -1.00 e. The zero-order valence-electron chi connectivity index (χ0n) is 22.2. The molecule has 0 aromatic carbocycles. The largest absolute Gasteiger partial charge is 1.00 e. The van der Waals surface area contributed by atoms with Gasteiger partial charge in [0.05, 0.1) is 0 Å². The summed E-state index contributed by atoms with van der Waals surface area (Å²) in [6, 6.07) is 0. The Bertz CT molecular complexity index is 669. The molecule has 34 heavy (non-hydrogen) atoms. The summed E-state index contributed by atoms with van der Waals surface area (Å²) in [5, 5.41) is 0. The number of allylic oxidation sites excluding steroid dienone is 16. The average Bonchev–Trinajstić information content (AvgIpc) is 3.47. The van der Waals surface area contributed by atoms with Crippen molar-refractivity contribution in [2.75, 3.05) is 0 Å². The van der Waals surface area contributed by atoms with Crippen molar-refractivity contribution in [3.8, 4) is 0 Å². The van der Waals surface area contributed by atoms with Crippen molar-refractivity contribution < 1.29 is 71.5 Å². The summed E-state index contributed by atoms with van der Waals surface area (Å²) in [4.78, 5) is 0. The molecule has 184 valence electrons. The van der Waals surface area contributed by atoms with Gasteiger partial charge in [-0.3, -0.25) is 24.3 Å². The minimum atomic E-state index is 0. The van der Waals surface area contributed by atoms with Crippen LogP contribution in [-0.2, 0) is 46.7 Å². The molecule has 0 nitrogen and oxygen atoms in total. The van der Waals surface area contributed by atoms with E-state index in [0.717, 1.165) is 25.7 Å². The van der Waals surface area contributed by atoms with Gasteiger partial charge in [-0.25, -0.2) is 46.6 Å². The maximum absolute atomic E-state index is 3.12. The normalized spacial score (nSPS) is 14.7. The van der Waals surface area contributed by atoms with Gasteiger partial charge < -0.3 is 24.8 Å². The first-order valence-corrected chi connectivity index (χ1v) is 23.4. The summed E-state index contributed by atoms with van der Waals surface area (Å²) in [6.07, 6.45) is 33.3. The van der Waals surface area contributed by atoms with Crippen LogP contribution in [0.4, 0.5) is 0 Å². The van der Waals surface area contributed by atoms with Crippen LogP contribution in [0.15, 0.2) is 70.9 Å². The van der Waals surface area contributed by atoms with Gasteiger partial charge in [0.15, 0.2) is 0 Å². The fourth-order valence-electron chi connectivity index (χ4n) is 2.06. The molecule has 0 saturated heterocycles. The molecule has 0 saturated carbocycles. The molecule has 4 aliphatic rings. The molecule has 4 aliphatic carbocycles. The second-order valence-electron chi connectivity index (χ2n) is 7.87. The minimum absolute atomic E-state index is 0. The van der Waals surface area contributed by atoms with Gasteiger partial charge in [-0.05, 0) is 0 Å². The van der Waals surface area contributed by atoms with Crippen molar-refractivity contribution in [3.63, 3.8) is 0 Å². The molecule has 0 spiro atoms. The Kier molecular flexibility index (Phi) is 36.8. The molecule has 0 aliphatic heterocycles. The van der Waals surface area contributed by atoms with E-state index >= 15 is 0 Å². The van der Waals surface area contributed by atoms with Gasteiger partial charge in [0, 0.05) is 0 Å². The van der Waals surface area contributed by atoms with E-state index in [4.69, 9.17) is 0 Å². The molecule has 0 heterocycles. The Morgan fingerprint density at radius 2 is 0.647 bits per heavy atom. The third-order valence-electron chi connectivity index (χ3n) is 3.47. The van der Waals surface area contributed by atoms with Crippen molar-refractivity contribution in [2.45, 2.75) is 79.6 Å². The van der Waals surface area contributed by atoms with Crippen LogP contribution in [0, 0.1) is 24.3 Å². The van der Waals surface area contributed by atoms with E-state index in [0.29, 0.717) is 0 Å². The first-order chi connectivity index (χ1) is 15.0. The first-order valence-electron chi connectivity index (χ1n) is 11.0. The van der Waals surface area contributed by atoms with E-state index in [9.17, 15) is 0 Å². The predicted molar refractivity (Wildman–Crippen MR) is 140 cm³/mol. The van der Waals surface area contributed by atoms with Crippen LogP contribution in [0.25, 0.3) is 0 Å². The quantitative estimate of drug-likeness (QED) is 0.272. The molecular weight excluding hydrogens is 646 g/mol. The van der Waals surface area contributed by atoms with Gasteiger partial charge in [0.1, 0.15) is 0 Å². The van der Waals surface area contributed by atoms with Gasteiger partial charge in [0.2, 0.25) is 0 Å². The molecule has 0 bridgehead atoms. The topological polar surface area (TPSA) is 0 Å². The SMILES string of the molecule is CC1=[C-]CC=C1.CC1=[C-]CC=C1.CC1=[C-]CC=C1.CC1=[C-]CC=C1.C[Si](C)=[Zr+2].C[Si](C)=[Zr+2].[Cl-].[Cl-]. The van der Waals surface area contributed by atoms with Gasteiger partial charge in [0.25, 0.3) is 0 Å². The third-order valence-corrected chi connectivity index (χ3v) is 3.47. The summed E-state index contributed by atoms with van der Waals surface area (Å²) in [6.45, 7) is 17.5. The maximum atomic E-state index is 3.12. The van der Waals surface area contributed by atoms with Crippen molar-refractivity contribution >= 4 is 10.9 Å². The molecule has 4 rings (SSSR count). The van der Waals surface area contributed by atoms with E-state index in [1.165, 1.54) is 22.3 Å². The van der Waals surface area contributed by atoms with Crippen LogP contribution in [0.2, 0.25) is 26.2 Å². The Morgan fingerprint density at radius 1 is 0.500 bits per heavy atom. The molecule has 0 N–H and O–H groups in total. The molecular formula is C28H40Cl2Si2Zr2-2. The Balaban J connectivity index is -0.000000159. The standard InChI is InChI=1S/4C6H7.2C2H6Si.2ClH.2Zr/c4*1-6-4-2-3-5-6;2*1-3-2;;;;/h4*2,4H,3H2,1H3;2*1-2H3;2*1H;;/q4*-1;;;;;2*+2/p-2. The van der Waals surface area contributed by atoms with Crippen molar-refractivity contribution in [1.29, 1.82) is 0 Å². The van der Waals surface area contributed by atoms with Gasteiger partial charge in [-0.2, -0.15) is 24.3 Å². The zero-order chi connectivity index (χ0) is 24.8. The number of rotatable bonds is 0. The fourth-order valence-corrected chi connectivity index (χ4v) is 2.06. The van der Waals surface area contributed by atoms with E-state index in [-0.39, 0.29) is 35.7 Å². The second kappa shape index (κ2) is 29.9. The monoisotopic (exact) mass is 682 g/mol. The molecule has 0 radical (unpaired) electrons. The summed E-state index contributed by atoms with van der Waals surface area (Å²) in [5.74, 6) is 0. The number of hydrogen-bond donors (Lipinski definition) is 0. The predicted octanol–water partition coefficient (Wildman–Crippen LogP) is 2.36. The van der Waals surface area contributed by atoms with E-state index in [2.05, 4.69) is 127 Å². The molecule has 0 unspecified atom stereocenters. The van der Waals surface area contributed by atoms with E-state index in [1.807, 2.05) is 0 Å². The summed E-state index contributed by atoms with van der Waals surface area (Å²) >= 11 is 3.48. The molecule has 0 aromatic heterocycles. The molecule has 0 amide bonds. The van der Waals surface area contributed by atoms with Crippen LogP contribution in [0.1, 0.15) is 53.4 Å². The van der Waals surface area contributed by atoms with E-state index in [1.54, 1.807) is 46.7 Å². The summed E-state index contributed by atoms with van der Waals surface area (Å²) < 4.78 is 0. The van der Waals surface area contributed by atoms with Crippen molar-refractivity contribution in [1.82, 2.24) is 0 Å². The van der Waals surface area contributed by atoms with Gasteiger partial charge in [-0.1, -0.05) is 27.7 Å². The average molecular weight is 686 g/mol. The number of hydrogen-bond acceptors (Lipinski definition) is 0. The second-order valence-corrected chi connectivity index (χ2v) is 26.6. The Hall–Kier alpha value is 0.700. The molecule has 6 heteroatoms. The third kappa shape index (κ3) is 39.9. The first kappa shape index (κ1) is 41.8. The van der Waals surface area contributed by atoms with Crippen LogP contribution in [0.3, 0.4) is 0 Å². The van der Waals surface area contributed by atoms with Gasteiger partial charge in [-0.15, -0.1) is 25.7 Å². The van der Waals surface area contributed by atoms with Crippen LogP contribution in [0.5, 0.6) is 0 Å². The summed E-state index contributed by atoms with van der Waals surface area (Å²) in [5.41, 5.74) is 5.51. The van der Waals surface area contributed by atoms with Crippen molar-refractivity contribution in [3.05, 3.63) is 95.2 Å². The Morgan fingerprint density at radius 3 is 0.676 bits per heavy atom. The Labute approximate surface area is 254 Å². The fraction of sp³-hybridized carbons (Fsp3) is 0.429. The minimum Gasteiger partial charge on any atom is -1.00 e. The smallest absolute Gasteiger partial charge is 1.00 e. The van der Waals surface area contributed by atoms with E-state index < -0.39 is 0 Å². The van der Waals surface area contributed by atoms with Crippen LogP contribution < -0.4 is 24.8 Å². The molecule has 0 fully saturated rings.